The highest BCUT2D eigenvalue weighted by atomic mass is 127. The molecule has 0 aliphatic heterocycles. The highest BCUT2D eigenvalue weighted by Crippen LogP contribution is 2.35. The number of nitrogens with one attached hydrogen (secondary N) is 1. The van der Waals surface area contributed by atoms with Gasteiger partial charge in [0, 0.05) is 17.2 Å². The Hall–Kier alpha value is -3.33. The number of ether oxygens (including phenoxy) is 2. The molecule has 11 heteroatoms. The molecule has 0 aliphatic rings. The third kappa shape index (κ3) is 6.85. The van der Waals surface area contributed by atoms with Gasteiger partial charge >= 0.3 is 0 Å². The molecule has 0 spiro atoms. The van der Waals surface area contributed by atoms with Gasteiger partial charge in [-0.05, 0) is 70.1 Å². The van der Waals surface area contributed by atoms with E-state index in [4.69, 9.17) is 32.7 Å². The van der Waals surface area contributed by atoms with Gasteiger partial charge in [0.2, 0.25) is 0 Å². The standard InChI is InChI=1S/C24H16Cl2IN3O5/c1-34-22-10-15(9-20(27)23(22)35-13-14-2-4-17(25)5-3-14)8-16(12-28)24(31)29-21-11-18(30(32)33)6-7-19(21)26/h2-11H,13H2,1H3,(H,29,31)/b16-8+. The highest BCUT2D eigenvalue weighted by Gasteiger charge is 2.17. The van der Waals surface area contributed by atoms with Gasteiger partial charge in [0.25, 0.3) is 11.6 Å². The lowest BCUT2D eigenvalue weighted by molar-refractivity contribution is -0.384. The van der Waals surface area contributed by atoms with E-state index in [1.807, 2.05) is 18.2 Å². The van der Waals surface area contributed by atoms with Crippen molar-refractivity contribution in [3.63, 3.8) is 0 Å². The number of nitrogens with zero attached hydrogens (tertiary/aromatic N) is 2. The minimum atomic E-state index is -0.771. The van der Waals surface area contributed by atoms with E-state index >= 15 is 0 Å². The van der Waals surface area contributed by atoms with Gasteiger partial charge in [-0.2, -0.15) is 5.26 Å². The summed E-state index contributed by atoms with van der Waals surface area (Å²) in [6, 6.07) is 16.1. The summed E-state index contributed by atoms with van der Waals surface area (Å²) in [5.74, 6) is 0.148. The van der Waals surface area contributed by atoms with Crippen LogP contribution in [0.2, 0.25) is 10.0 Å². The summed E-state index contributed by atoms with van der Waals surface area (Å²) in [6.45, 7) is 0.286. The molecule has 0 aromatic heterocycles. The number of nitriles is 1. The number of carbonyl (C=O) groups is 1. The number of anilines is 1. The molecule has 0 saturated heterocycles. The van der Waals surface area contributed by atoms with Gasteiger partial charge < -0.3 is 14.8 Å². The molecular formula is C24H16Cl2IN3O5. The van der Waals surface area contributed by atoms with Crippen LogP contribution in [0.5, 0.6) is 11.5 Å². The largest absolute Gasteiger partial charge is 0.493 e. The first kappa shape index (κ1) is 26.3. The molecule has 3 aromatic carbocycles. The topological polar surface area (TPSA) is 114 Å². The van der Waals surface area contributed by atoms with E-state index in [0.29, 0.717) is 25.7 Å². The highest BCUT2D eigenvalue weighted by molar-refractivity contribution is 14.1. The minimum absolute atomic E-state index is 0.0186. The number of non-ortho nitro benzene ring substituents is 1. The Morgan fingerprint density at radius 3 is 2.54 bits per heavy atom. The quantitative estimate of drug-likeness (QED) is 0.0989. The zero-order valence-electron chi connectivity index (χ0n) is 18.1. The van der Waals surface area contributed by atoms with Gasteiger partial charge in [-0.1, -0.05) is 35.3 Å². The Morgan fingerprint density at radius 1 is 1.20 bits per heavy atom. The maximum absolute atomic E-state index is 12.7. The summed E-state index contributed by atoms with van der Waals surface area (Å²) in [5.41, 5.74) is 0.965. The second kappa shape index (κ2) is 11.9. The Labute approximate surface area is 224 Å². The monoisotopic (exact) mass is 623 g/mol. The molecule has 0 aliphatic carbocycles. The van der Waals surface area contributed by atoms with Crippen molar-refractivity contribution in [2.24, 2.45) is 0 Å². The second-order valence-electron chi connectivity index (χ2n) is 6.99. The second-order valence-corrected chi connectivity index (χ2v) is 9.00. The number of methoxy groups -OCH3 is 1. The van der Waals surface area contributed by atoms with Crippen molar-refractivity contribution in [3.8, 4) is 17.6 Å². The van der Waals surface area contributed by atoms with Crippen molar-refractivity contribution < 1.29 is 19.2 Å². The van der Waals surface area contributed by atoms with E-state index in [2.05, 4.69) is 27.9 Å². The summed E-state index contributed by atoms with van der Waals surface area (Å²) < 4.78 is 12.1. The summed E-state index contributed by atoms with van der Waals surface area (Å²) in [5, 5.41) is 23.7. The Morgan fingerprint density at radius 2 is 1.91 bits per heavy atom. The molecule has 35 heavy (non-hydrogen) atoms. The van der Waals surface area contributed by atoms with Gasteiger partial charge in [0.1, 0.15) is 18.2 Å². The van der Waals surface area contributed by atoms with Gasteiger partial charge in [-0.25, -0.2) is 0 Å². The zero-order valence-corrected chi connectivity index (χ0v) is 21.7. The average molecular weight is 624 g/mol. The first-order valence-corrected chi connectivity index (χ1v) is 11.7. The molecule has 0 atom stereocenters. The van der Waals surface area contributed by atoms with Crippen LogP contribution in [-0.4, -0.2) is 17.9 Å². The maximum Gasteiger partial charge on any atom is 0.271 e. The Kier molecular flexibility index (Phi) is 8.92. The van der Waals surface area contributed by atoms with Crippen LogP contribution in [0.4, 0.5) is 11.4 Å². The van der Waals surface area contributed by atoms with Crippen molar-refractivity contribution in [1.29, 1.82) is 5.26 Å². The van der Waals surface area contributed by atoms with Crippen LogP contribution in [0.25, 0.3) is 6.08 Å². The predicted octanol–water partition coefficient (Wildman–Crippen LogP) is 6.64. The molecule has 0 unspecified atom stereocenters. The number of halogens is 3. The third-order valence-corrected chi connectivity index (χ3v) is 6.02. The van der Waals surface area contributed by atoms with Crippen molar-refractivity contribution in [1.82, 2.24) is 0 Å². The number of amides is 1. The van der Waals surface area contributed by atoms with Crippen LogP contribution in [0.1, 0.15) is 11.1 Å². The van der Waals surface area contributed by atoms with Crippen LogP contribution in [-0.2, 0) is 11.4 Å². The van der Waals surface area contributed by atoms with Crippen LogP contribution in [0.3, 0.4) is 0 Å². The van der Waals surface area contributed by atoms with Gasteiger partial charge in [0.05, 0.1) is 26.3 Å². The number of hydrogen-bond acceptors (Lipinski definition) is 6. The first-order valence-electron chi connectivity index (χ1n) is 9.83. The molecule has 8 nitrogen and oxygen atoms in total. The molecule has 0 heterocycles. The molecular weight excluding hydrogens is 608 g/mol. The molecule has 0 saturated carbocycles. The molecule has 0 radical (unpaired) electrons. The van der Waals surface area contributed by atoms with Crippen molar-refractivity contribution in [2.75, 3.05) is 12.4 Å². The maximum atomic E-state index is 12.7. The van der Waals surface area contributed by atoms with Crippen molar-refractivity contribution >= 4 is 69.2 Å². The lowest BCUT2D eigenvalue weighted by Gasteiger charge is -2.14. The molecule has 3 aromatic rings. The van der Waals surface area contributed by atoms with Gasteiger partial charge in [-0.3, -0.25) is 14.9 Å². The predicted molar refractivity (Wildman–Crippen MR) is 142 cm³/mol. The molecule has 3 rings (SSSR count). The fourth-order valence-electron chi connectivity index (χ4n) is 2.93. The smallest absolute Gasteiger partial charge is 0.271 e. The molecule has 1 amide bonds. The Bertz CT molecular complexity index is 1350. The van der Waals surface area contributed by atoms with E-state index in [1.165, 1.54) is 25.3 Å². The number of nitro benzene ring substituents is 1. The van der Waals surface area contributed by atoms with E-state index in [-0.39, 0.29) is 28.6 Å². The van der Waals surface area contributed by atoms with Gasteiger partial charge in [0.15, 0.2) is 11.5 Å². The molecule has 0 bridgehead atoms. The first-order chi connectivity index (χ1) is 16.7. The number of nitro groups is 1. The van der Waals surface area contributed by atoms with E-state index in [0.717, 1.165) is 11.6 Å². The third-order valence-electron chi connectivity index (χ3n) is 4.63. The van der Waals surface area contributed by atoms with Crippen molar-refractivity contribution in [2.45, 2.75) is 6.61 Å². The van der Waals surface area contributed by atoms with E-state index in [9.17, 15) is 20.2 Å². The number of rotatable bonds is 8. The summed E-state index contributed by atoms with van der Waals surface area (Å²) in [4.78, 5) is 23.1. The molecule has 0 fully saturated rings. The lowest BCUT2D eigenvalue weighted by atomic mass is 10.1. The van der Waals surface area contributed by atoms with E-state index < -0.39 is 10.8 Å². The Balaban J connectivity index is 1.84. The van der Waals surface area contributed by atoms with Crippen LogP contribution < -0.4 is 14.8 Å². The summed E-state index contributed by atoms with van der Waals surface area (Å²) in [7, 11) is 1.48. The normalized spacial score (nSPS) is 10.9. The molecule has 1 N–H and O–H groups in total. The summed E-state index contributed by atoms with van der Waals surface area (Å²) >= 11 is 14.0. The minimum Gasteiger partial charge on any atom is -0.493 e. The number of benzene rings is 3. The zero-order chi connectivity index (χ0) is 25.5. The fraction of sp³-hybridized carbons (Fsp3) is 0.0833. The van der Waals surface area contributed by atoms with Gasteiger partial charge in [-0.15, -0.1) is 0 Å². The fourth-order valence-corrected chi connectivity index (χ4v) is 4.00. The van der Waals surface area contributed by atoms with Crippen molar-refractivity contribution in [3.05, 3.63) is 95.0 Å². The molecule has 178 valence electrons. The van der Waals surface area contributed by atoms with Crippen LogP contribution in [0, 0.1) is 25.0 Å². The SMILES string of the molecule is COc1cc(/C=C(\C#N)C(=O)Nc2cc([N+](=O)[O-])ccc2Cl)cc(I)c1OCc1ccc(Cl)cc1. The van der Waals surface area contributed by atoms with Crippen LogP contribution in [0.15, 0.2) is 60.2 Å². The summed E-state index contributed by atoms with van der Waals surface area (Å²) in [6.07, 6.45) is 1.37. The van der Waals surface area contributed by atoms with E-state index in [1.54, 1.807) is 24.3 Å². The average Bonchev–Trinajstić information content (AvgIpc) is 2.83. The number of carbonyl (C=O) groups excluding carboxylic acids is 1. The van der Waals surface area contributed by atoms with Crippen LogP contribution >= 0.6 is 45.8 Å². The lowest BCUT2D eigenvalue weighted by Crippen LogP contribution is -2.14. The number of hydrogen-bond donors (Lipinski definition) is 1.